The monoisotopic (exact) mass is 455 g/mol. The van der Waals surface area contributed by atoms with Gasteiger partial charge in [-0.3, -0.25) is 14.4 Å². The first-order chi connectivity index (χ1) is 16.4. The van der Waals surface area contributed by atoms with Gasteiger partial charge in [0.05, 0.1) is 18.4 Å². The van der Waals surface area contributed by atoms with Crippen LogP contribution in [0, 0.1) is 0 Å². The number of carbonyl (C=O) groups is 3. The lowest BCUT2D eigenvalue weighted by Crippen LogP contribution is -2.34. The van der Waals surface area contributed by atoms with Crippen molar-refractivity contribution in [1.29, 1.82) is 0 Å². The van der Waals surface area contributed by atoms with Crippen LogP contribution in [-0.2, 0) is 20.9 Å². The third-order valence-corrected chi connectivity index (χ3v) is 5.53. The third kappa shape index (κ3) is 4.41. The fourth-order valence-electron chi connectivity index (χ4n) is 4.03. The fourth-order valence-corrected chi connectivity index (χ4v) is 4.03. The first-order valence-corrected chi connectivity index (χ1v) is 10.8. The summed E-state index contributed by atoms with van der Waals surface area (Å²) in [6.07, 6.45) is 0. The molecule has 1 heterocycles. The maximum atomic E-state index is 13.7. The quantitative estimate of drug-likeness (QED) is 0.544. The molecule has 0 atom stereocenters. The number of amides is 3. The zero-order valence-electron chi connectivity index (χ0n) is 19.2. The average molecular weight is 456 g/mol. The maximum Gasteiger partial charge on any atom is 0.282 e. The lowest BCUT2D eigenvalue weighted by atomic mass is 10.0. The van der Waals surface area contributed by atoms with E-state index in [0.717, 1.165) is 10.5 Å². The van der Waals surface area contributed by atoms with Crippen molar-refractivity contribution in [2.24, 2.45) is 0 Å². The van der Waals surface area contributed by atoms with E-state index in [1.807, 2.05) is 42.5 Å². The third-order valence-electron chi connectivity index (χ3n) is 5.53. The van der Waals surface area contributed by atoms with E-state index in [1.165, 1.54) is 14.0 Å². The number of hydrogen-bond donors (Lipinski definition) is 1. The number of rotatable bonds is 7. The molecule has 3 aromatic rings. The van der Waals surface area contributed by atoms with Crippen LogP contribution >= 0.6 is 0 Å². The first kappa shape index (κ1) is 22.8. The van der Waals surface area contributed by atoms with E-state index in [2.05, 4.69) is 5.32 Å². The minimum Gasteiger partial charge on any atom is -0.496 e. The van der Waals surface area contributed by atoms with Gasteiger partial charge in [-0.2, -0.15) is 0 Å². The minimum atomic E-state index is -0.434. The molecule has 0 aliphatic carbocycles. The Balaban J connectivity index is 1.78. The van der Waals surface area contributed by atoms with E-state index in [9.17, 15) is 14.4 Å². The summed E-state index contributed by atoms with van der Waals surface area (Å²) in [5.74, 6) is -0.550. The van der Waals surface area contributed by atoms with Crippen molar-refractivity contribution < 1.29 is 19.1 Å². The van der Waals surface area contributed by atoms with E-state index in [-0.39, 0.29) is 11.5 Å². The average Bonchev–Trinajstić information content (AvgIpc) is 3.09. The van der Waals surface area contributed by atoms with Crippen LogP contribution in [0.3, 0.4) is 0 Å². The Bertz CT molecular complexity index is 1270. The number of anilines is 2. The van der Waals surface area contributed by atoms with Crippen LogP contribution in [0.1, 0.15) is 18.1 Å². The predicted octanol–water partition coefficient (Wildman–Crippen LogP) is 4.07. The van der Waals surface area contributed by atoms with Gasteiger partial charge in [0.2, 0.25) is 5.91 Å². The Labute approximate surface area is 198 Å². The molecule has 1 N–H and O–H groups in total. The van der Waals surface area contributed by atoms with Gasteiger partial charge in [-0.05, 0) is 35.9 Å². The van der Waals surface area contributed by atoms with Gasteiger partial charge in [0, 0.05) is 31.8 Å². The van der Waals surface area contributed by atoms with E-state index in [0.29, 0.717) is 34.9 Å². The van der Waals surface area contributed by atoms with Crippen LogP contribution in [-0.4, -0.2) is 36.8 Å². The molecule has 172 valence electrons. The van der Waals surface area contributed by atoms with Crippen molar-refractivity contribution in [2.75, 3.05) is 24.4 Å². The van der Waals surface area contributed by atoms with Crippen LogP contribution in [0.25, 0.3) is 5.57 Å². The van der Waals surface area contributed by atoms with Crippen molar-refractivity contribution in [3.05, 3.63) is 95.7 Å². The van der Waals surface area contributed by atoms with Crippen molar-refractivity contribution in [1.82, 2.24) is 4.90 Å². The highest BCUT2D eigenvalue weighted by atomic mass is 16.5. The molecule has 7 nitrogen and oxygen atoms in total. The second-order valence-corrected chi connectivity index (χ2v) is 7.94. The molecule has 3 aromatic carbocycles. The summed E-state index contributed by atoms with van der Waals surface area (Å²) in [6, 6.07) is 23.5. The molecular formula is C27H25N3O4. The first-order valence-electron chi connectivity index (χ1n) is 10.8. The lowest BCUT2D eigenvalue weighted by molar-refractivity contribution is -0.120. The van der Waals surface area contributed by atoms with Crippen LogP contribution in [0.2, 0.25) is 0 Å². The summed E-state index contributed by atoms with van der Waals surface area (Å²) in [6.45, 7) is 1.86. The van der Waals surface area contributed by atoms with Gasteiger partial charge >= 0.3 is 0 Å². The molecular weight excluding hydrogens is 430 g/mol. The summed E-state index contributed by atoms with van der Waals surface area (Å²) in [5, 5.41) is 2.69. The summed E-state index contributed by atoms with van der Waals surface area (Å²) < 4.78 is 5.51. The number of carbonyl (C=O) groups excluding carboxylic acids is 3. The summed E-state index contributed by atoms with van der Waals surface area (Å²) in [5.41, 5.74) is 3.14. The summed E-state index contributed by atoms with van der Waals surface area (Å²) in [7, 11) is 3.33. The fraction of sp³-hybridized carbons (Fsp3) is 0.148. The molecule has 1 aliphatic heterocycles. The van der Waals surface area contributed by atoms with Crippen molar-refractivity contribution in [2.45, 2.75) is 13.5 Å². The van der Waals surface area contributed by atoms with Crippen molar-refractivity contribution in [3.63, 3.8) is 0 Å². The standard InChI is InChI=1S/C27H25N3O4/c1-18(31)28-20-13-15-21(16-14-20)30-26(32)24(22-11-7-8-12-23(22)34-3)25(27(30)33)29(2)17-19-9-5-4-6-10-19/h4-16H,17H2,1-3H3,(H,28,31). The zero-order chi connectivity index (χ0) is 24.2. The number of ether oxygens (including phenoxy) is 1. The van der Waals surface area contributed by atoms with E-state index < -0.39 is 11.8 Å². The van der Waals surface area contributed by atoms with Gasteiger partial charge < -0.3 is 15.0 Å². The lowest BCUT2D eigenvalue weighted by Gasteiger charge is -2.22. The molecule has 7 heteroatoms. The van der Waals surface area contributed by atoms with Gasteiger partial charge in [-0.25, -0.2) is 4.90 Å². The second-order valence-electron chi connectivity index (χ2n) is 7.94. The molecule has 0 bridgehead atoms. The molecule has 0 saturated heterocycles. The van der Waals surface area contributed by atoms with E-state index >= 15 is 0 Å². The van der Waals surface area contributed by atoms with Crippen LogP contribution < -0.4 is 15.0 Å². The van der Waals surface area contributed by atoms with Crippen LogP contribution in [0.15, 0.2) is 84.6 Å². The number of likely N-dealkylation sites (N-methyl/N-ethyl adjacent to an activating group) is 1. The predicted molar refractivity (Wildman–Crippen MR) is 131 cm³/mol. The molecule has 0 saturated carbocycles. The van der Waals surface area contributed by atoms with Gasteiger partial charge in [-0.1, -0.05) is 48.5 Å². The molecule has 0 spiro atoms. The largest absolute Gasteiger partial charge is 0.496 e. The molecule has 0 fully saturated rings. The summed E-state index contributed by atoms with van der Waals surface area (Å²) >= 11 is 0. The van der Waals surface area contributed by atoms with Gasteiger partial charge in [0.25, 0.3) is 11.8 Å². The number of nitrogens with one attached hydrogen (secondary N) is 1. The molecule has 4 rings (SSSR count). The number of benzene rings is 3. The van der Waals surface area contributed by atoms with Gasteiger partial charge in [0.15, 0.2) is 0 Å². The molecule has 0 radical (unpaired) electrons. The van der Waals surface area contributed by atoms with E-state index in [4.69, 9.17) is 4.74 Å². The normalized spacial score (nSPS) is 13.3. The number of hydrogen-bond acceptors (Lipinski definition) is 5. The molecule has 0 unspecified atom stereocenters. The van der Waals surface area contributed by atoms with Gasteiger partial charge in [-0.15, -0.1) is 0 Å². The Morgan fingerprint density at radius 3 is 2.21 bits per heavy atom. The molecule has 1 aliphatic rings. The Kier molecular flexibility index (Phi) is 6.45. The van der Waals surface area contributed by atoms with Crippen molar-refractivity contribution >= 4 is 34.7 Å². The zero-order valence-corrected chi connectivity index (χ0v) is 19.2. The Hall–Kier alpha value is -4.39. The number of nitrogens with zero attached hydrogens (tertiary/aromatic N) is 2. The molecule has 3 amide bonds. The highest BCUT2D eigenvalue weighted by Crippen LogP contribution is 2.38. The molecule has 0 aromatic heterocycles. The molecule has 34 heavy (non-hydrogen) atoms. The maximum absolute atomic E-state index is 13.7. The number of para-hydroxylation sites is 1. The minimum absolute atomic E-state index is 0.203. The Morgan fingerprint density at radius 1 is 0.912 bits per heavy atom. The number of methoxy groups -OCH3 is 1. The highest BCUT2D eigenvalue weighted by molar-refractivity contribution is 6.45. The second kappa shape index (κ2) is 9.62. The summed E-state index contributed by atoms with van der Waals surface area (Å²) in [4.78, 5) is 41.7. The van der Waals surface area contributed by atoms with E-state index in [1.54, 1.807) is 48.3 Å². The Morgan fingerprint density at radius 2 is 1.56 bits per heavy atom. The van der Waals surface area contributed by atoms with Crippen LogP contribution in [0.5, 0.6) is 5.75 Å². The number of imide groups is 1. The van der Waals surface area contributed by atoms with Crippen molar-refractivity contribution in [3.8, 4) is 5.75 Å². The van der Waals surface area contributed by atoms with Gasteiger partial charge in [0.1, 0.15) is 11.4 Å². The topological polar surface area (TPSA) is 79.0 Å². The van der Waals surface area contributed by atoms with Crippen LogP contribution in [0.4, 0.5) is 11.4 Å². The highest BCUT2D eigenvalue weighted by Gasteiger charge is 2.42. The smallest absolute Gasteiger partial charge is 0.282 e. The SMILES string of the molecule is COc1ccccc1C1=C(N(C)Cc2ccccc2)C(=O)N(c2ccc(NC(C)=O)cc2)C1=O.